The summed E-state index contributed by atoms with van der Waals surface area (Å²) in [5.41, 5.74) is 0.138. The van der Waals surface area contributed by atoms with E-state index in [4.69, 9.17) is 23.4 Å². The van der Waals surface area contributed by atoms with Crippen LogP contribution in [0.15, 0.2) is 34.9 Å². The smallest absolute Gasteiger partial charge is 0.322 e. The number of pyridine rings is 1. The standard InChI is InChI=1S/C20H24N4O6Si/c1-26-18-16(19(27-2)24-20(23-18)28-3)22-17(25)13-7-8-15(29-13)30-14-11-12(9-10-21-14)31(4,5)6/h7-11H,1-6H3,(H,22,25). The zero-order valence-corrected chi connectivity index (χ0v) is 19.2. The monoisotopic (exact) mass is 444 g/mol. The van der Waals surface area contributed by atoms with Crippen molar-refractivity contribution in [2.75, 3.05) is 26.6 Å². The highest BCUT2D eigenvalue weighted by Gasteiger charge is 2.22. The minimum atomic E-state index is -1.52. The van der Waals surface area contributed by atoms with Gasteiger partial charge in [-0.15, -0.1) is 0 Å². The highest BCUT2D eigenvalue weighted by atomic mass is 28.3. The lowest BCUT2D eigenvalue weighted by Gasteiger charge is -2.16. The van der Waals surface area contributed by atoms with E-state index in [0.29, 0.717) is 5.88 Å². The Morgan fingerprint density at radius 3 is 2.26 bits per heavy atom. The van der Waals surface area contributed by atoms with Gasteiger partial charge in [0.25, 0.3) is 11.9 Å². The topological polar surface area (TPSA) is 118 Å². The van der Waals surface area contributed by atoms with Crippen molar-refractivity contribution in [3.63, 3.8) is 0 Å². The minimum Gasteiger partial charge on any atom is -0.479 e. The van der Waals surface area contributed by atoms with Crippen LogP contribution in [0.1, 0.15) is 10.6 Å². The molecule has 0 saturated carbocycles. The number of furan rings is 1. The average molecular weight is 445 g/mol. The van der Waals surface area contributed by atoms with Gasteiger partial charge < -0.3 is 28.7 Å². The van der Waals surface area contributed by atoms with Crippen molar-refractivity contribution in [2.24, 2.45) is 0 Å². The van der Waals surface area contributed by atoms with E-state index in [1.807, 2.05) is 12.1 Å². The molecule has 0 spiro atoms. The molecule has 0 aliphatic heterocycles. The second-order valence-electron chi connectivity index (χ2n) is 7.41. The molecular formula is C20H24N4O6Si. The summed E-state index contributed by atoms with van der Waals surface area (Å²) in [6.45, 7) is 6.69. The number of aromatic nitrogens is 3. The number of amides is 1. The van der Waals surface area contributed by atoms with E-state index in [-0.39, 0.29) is 35.2 Å². The van der Waals surface area contributed by atoms with E-state index in [2.05, 4.69) is 39.9 Å². The quantitative estimate of drug-likeness (QED) is 0.523. The summed E-state index contributed by atoms with van der Waals surface area (Å²) in [5.74, 6) is 0.128. The summed E-state index contributed by atoms with van der Waals surface area (Å²) in [5, 5.41) is 3.82. The Labute approximate surface area is 180 Å². The molecule has 11 heteroatoms. The maximum atomic E-state index is 12.7. The normalized spacial score (nSPS) is 11.0. The Kier molecular flexibility index (Phi) is 6.44. The molecule has 1 N–H and O–H groups in total. The van der Waals surface area contributed by atoms with E-state index in [1.165, 1.54) is 38.6 Å². The zero-order chi connectivity index (χ0) is 22.6. The first kappa shape index (κ1) is 22.1. The fourth-order valence-corrected chi connectivity index (χ4v) is 3.73. The average Bonchev–Trinajstić information content (AvgIpc) is 3.21. The van der Waals surface area contributed by atoms with E-state index in [1.54, 1.807) is 6.20 Å². The van der Waals surface area contributed by atoms with E-state index in [0.717, 1.165) is 0 Å². The van der Waals surface area contributed by atoms with E-state index >= 15 is 0 Å². The number of nitrogens with zero attached hydrogens (tertiary/aromatic N) is 3. The van der Waals surface area contributed by atoms with Crippen LogP contribution in [0.5, 0.6) is 29.6 Å². The maximum Gasteiger partial charge on any atom is 0.322 e. The van der Waals surface area contributed by atoms with Crippen LogP contribution in [0.3, 0.4) is 0 Å². The van der Waals surface area contributed by atoms with Crippen LogP contribution in [0, 0.1) is 0 Å². The van der Waals surface area contributed by atoms with Gasteiger partial charge >= 0.3 is 6.01 Å². The number of ether oxygens (including phenoxy) is 4. The zero-order valence-electron chi connectivity index (χ0n) is 18.2. The van der Waals surface area contributed by atoms with Crippen LogP contribution in [0.4, 0.5) is 5.69 Å². The van der Waals surface area contributed by atoms with Gasteiger partial charge in [0, 0.05) is 18.3 Å². The fourth-order valence-electron chi connectivity index (χ4n) is 2.60. The molecule has 1 amide bonds. The van der Waals surface area contributed by atoms with Crippen molar-refractivity contribution >= 4 is 24.9 Å². The van der Waals surface area contributed by atoms with Gasteiger partial charge in [-0.3, -0.25) is 4.79 Å². The molecule has 3 aromatic rings. The summed E-state index contributed by atoms with van der Waals surface area (Å²) in [6.07, 6.45) is 1.70. The minimum absolute atomic E-state index is 0.0104. The van der Waals surface area contributed by atoms with Crippen LogP contribution >= 0.6 is 0 Å². The Bertz CT molecular complexity index is 1050. The molecule has 0 radical (unpaired) electrons. The molecule has 0 aliphatic rings. The summed E-state index contributed by atoms with van der Waals surface area (Å²) < 4.78 is 26.6. The van der Waals surface area contributed by atoms with Crippen molar-refractivity contribution in [1.29, 1.82) is 0 Å². The molecule has 3 rings (SSSR count). The lowest BCUT2D eigenvalue weighted by Crippen LogP contribution is -2.37. The van der Waals surface area contributed by atoms with Crippen LogP contribution < -0.4 is 29.5 Å². The lowest BCUT2D eigenvalue weighted by atomic mass is 10.4. The van der Waals surface area contributed by atoms with Crippen LogP contribution in [-0.2, 0) is 0 Å². The predicted octanol–water partition coefficient (Wildman–Crippen LogP) is 3.08. The van der Waals surface area contributed by atoms with Crippen LogP contribution in [-0.4, -0.2) is 50.3 Å². The first-order valence-corrected chi connectivity index (χ1v) is 12.8. The van der Waals surface area contributed by atoms with Crippen molar-refractivity contribution in [3.8, 4) is 29.6 Å². The first-order valence-electron chi connectivity index (χ1n) is 9.34. The number of carbonyl (C=O) groups excluding carboxylic acids is 1. The SMILES string of the molecule is COc1nc(OC)c(NC(=O)c2ccc(Oc3cc([Si](C)(C)C)ccn3)o2)c(OC)n1. The number of anilines is 1. The third-order valence-corrected chi connectivity index (χ3v) is 6.28. The second kappa shape index (κ2) is 9.04. The number of hydrogen-bond donors (Lipinski definition) is 1. The molecule has 0 atom stereocenters. The molecule has 0 unspecified atom stereocenters. The van der Waals surface area contributed by atoms with Gasteiger partial charge in [-0.05, 0) is 12.1 Å². The third kappa shape index (κ3) is 5.12. The molecule has 0 saturated heterocycles. The molecule has 164 valence electrons. The van der Waals surface area contributed by atoms with Gasteiger partial charge in [0.05, 0.1) is 29.4 Å². The van der Waals surface area contributed by atoms with E-state index < -0.39 is 14.0 Å². The summed E-state index contributed by atoms with van der Waals surface area (Å²) >= 11 is 0. The highest BCUT2D eigenvalue weighted by Crippen LogP contribution is 2.33. The Morgan fingerprint density at radius 1 is 1.00 bits per heavy atom. The van der Waals surface area contributed by atoms with Gasteiger partial charge in [-0.25, -0.2) is 4.98 Å². The Balaban J connectivity index is 1.79. The van der Waals surface area contributed by atoms with Gasteiger partial charge in [0.2, 0.25) is 17.6 Å². The molecular weight excluding hydrogens is 420 g/mol. The van der Waals surface area contributed by atoms with Crippen LogP contribution in [0.2, 0.25) is 19.6 Å². The molecule has 3 heterocycles. The van der Waals surface area contributed by atoms with Crippen LogP contribution in [0.25, 0.3) is 0 Å². The number of methoxy groups -OCH3 is 3. The predicted molar refractivity (Wildman–Crippen MR) is 116 cm³/mol. The second-order valence-corrected chi connectivity index (χ2v) is 12.5. The lowest BCUT2D eigenvalue weighted by molar-refractivity contribution is 0.0990. The molecule has 0 bridgehead atoms. The Morgan fingerprint density at radius 2 is 1.68 bits per heavy atom. The molecule has 31 heavy (non-hydrogen) atoms. The molecule has 0 aromatic carbocycles. The van der Waals surface area contributed by atoms with Crippen molar-refractivity contribution < 1.29 is 28.2 Å². The molecule has 0 fully saturated rings. The molecule has 10 nitrogen and oxygen atoms in total. The third-order valence-electron chi connectivity index (χ3n) is 4.24. The molecule has 0 aliphatic carbocycles. The summed E-state index contributed by atoms with van der Waals surface area (Å²) in [4.78, 5) is 25.0. The highest BCUT2D eigenvalue weighted by molar-refractivity contribution is 6.88. The van der Waals surface area contributed by atoms with Gasteiger partial charge in [-0.1, -0.05) is 24.8 Å². The first-order chi connectivity index (χ1) is 14.7. The van der Waals surface area contributed by atoms with Crippen molar-refractivity contribution in [1.82, 2.24) is 15.0 Å². The van der Waals surface area contributed by atoms with Crippen molar-refractivity contribution in [2.45, 2.75) is 19.6 Å². The maximum absolute atomic E-state index is 12.7. The Hall–Kier alpha value is -3.60. The summed E-state index contributed by atoms with van der Waals surface area (Å²) in [7, 11) is 2.69. The summed E-state index contributed by atoms with van der Waals surface area (Å²) in [6, 6.07) is 6.93. The largest absolute Gasteiger partial charge is 0.479 e. The van der Waals surface area contributed by atoms with Gasteiger partial charge in [0.1, 0.15) is 0 Å². The van der Waals surface area contributed by atoms with Crippen molar-refractivity contribution in [3.05, 3.63) is 36.2 Å². The van der Waals surface area contributed by atoms with E-state index in [9.17, 15) is 4.79 Å². The number of carbonyl (C=O) groups is 1. The van der Waals surface area contributed by atoms with Gasteiger partial charge in [-0.2, -0.15) is 9.97 Å². The van der Waals surface area contributed by atoms with Gasteiger partial charge in [0.15, 0.2) is 11.4 Å². The number of rotatable bonds is 8. The molecule has 3 aromatic heterocycles. The number of hydrogen-bond acceptors (Lipinski definition) is 9. The number of nitrogens with one attached hydrogen (secondary N) is 1. The fraction of sp³-hybridized carbons (Fsp3) is 0.300.